The van der Waals surface area contributed by atoms with Crippen LogP contribution in [0.2, 0.25) is 5.02 Å². The van der Waals surface area contributed by atoms with Gasteiger partial charge in [0.05, 0.1) is 14.3 Å². The third-order valence-corrected chi connectivity index (χ3v) is 2.23. The van der Waals surface area contributed by atoms with E-state index in [-0.39, 0.29) is 21.9 Å². The number of aryl methyl sites for hydroxylation is 1. The Morgan fingerprint density at radius 2 is 2.50 bits per heavy atom. The largest absolute Gasteiger partial charge is 0.439 e. The first-order valence-electron chi connectivity index (χ1n) is 4.88. The molecule has 0 saturated carbocycles. The van der Waals surface area contributed by atoms with Gasteiger partial charge in [0.2, 0.25) is 0 Å². The minimum absolute atomic E-state index is 0.0401. The second-order valence-electron chi connectivity index (χ2n) is 2.85. The van der Waals surface area contributed by atoms with E-state index in [1.165, 1.54) is 6.07 Å². The minimum Gasteiger partial charge on any atom is -0.439 e. The number of rotatable bonds is 1. The number of halogens is 1. The number of nitrogen functional groups attached to an aromatic ring is 1. The molecule has 0 amide bonds. The summed E-state index contributed by atoms with van der Waals surface area (Å²) in [6.07, 6.45) is 0. The van der Waals surface area contributed by atoms with Crippen LogP contribution in [-0.4, -0.2) is 10.1 Å². The normalized spacial score (nSPS) is 14.2. The summed E-state index contributed by atoms with van der Waals surface area (Å²) >= 11 is 5.93. The van der Waals surface area contributed by atoms with Crippen LogP contribution in [0.3, 0.4) is 0 Å². The van der Waals surface area contributed by atoms with Gasteiger partial charge in [0.15, 0.2) is 11.5 Å². The van der Waals surface area contributed by atoms with Crippen LogP contribution in [0.1, 0.15) is 14.2 Å². The molecule has 0 bridgehead atoms. The molecule has 5 heteroatoms. The Kier molecular flexibility index (Phi) is 1.59. The molecule has 2 aromatic rings. The van der Waals surface area contributed by atoms with E-state index in [1.807, 2.05) is 0 Å². The third kappa shape index (κ3) is 1.23. The van der Waals surface area contributed by atoms with Crippen molar-refractivity contribution in [2.75, 3.05) is 5.73 Å². The van der Waals surface area contributed by atoms with Crippen molar-refractivity contribution in [3.63, 3.8) is 0 Å². The van der Waals surface area contributed by atoms with E-state index in [1.54, 1.807) is 6.92 Å². The number of nitrogens with two attached hydrogens (primary N) is 1. The van der Waals surface area contributed by atoms with Crippen LogP contribution in [0.25, 0.3) is 11.1 Å². The Morgan fingerprint density at radius 1 is 1.79 bits per heavy atom. The average molecular weight is 215 g/mol. The molecular formula is C9H9ClN2O2. The number of aromatic nitrogens is 1. The molecule has 1 heterocycles. The Hall–Kier alpha value is -1.26. The van der Waals surface area contributed by atoms with Crippen molar-refractivity contribution in [3.8, 4) is 0 Å². The number of fused-ring (bicyclic) bond motifs is 1. The summed E-state index contributed by atoms with van der Waals surface area (Å²) in [5, 5.41) is 9.27. The summed E-state index contributed by atoms with van der Waals surface area (Å²) in [4.78, 5) is 4.02. The van der Waals surface area contributed by atoms with E-state index < -0.39 is 6.56 Å². The highest BCUT2D eigenvalue weighted by molar-refractivity contribution is 6.36. The number of hydrogen-bond donors (Lipinski definition) is 2. The van der Waals surface area contributed by atoms with Crippen molar-refractivity contribution in [1.82, 2.24) is 4.98 Å². The molecule has 4 nitrogen and oxygen atoms in total. The quantitative estimate of drug-likeness (QED) is 0.711. The zero-order chi connectivity index (χ0) is 12.1. The van der Waals surface area contributed by atoms with Gasteiger partial charge in [-0.25, -0.2) is 4.98 Å². The molecule has 0 aliphatic rings. The number of aliphatic hydroxyl groups is 1. The molecule has 0 atom stereocenters. The van der Waals surface area contributed by atoms with Gasteiger partial charge < -0.3 is 15.3 Å². The minimum atomic E-state index is -2.62. The maximum atomic E-state index is 9.32. The van der Waals surface area contributed by atoms with Gasteiger partial charge >= 0.3 is 0 Å². The van der Waals surface area contributed by atoms with Crippen molar-refractivity contribution >= 4 is 28.4 Å². The lowest BCUT2D eigenvalue weighted by Gasteiger charge is -2.03. The summed E-state index contributed by atoms with van der Waals surface area (Å²) in [7, 11) is 0. The summed E-state index contributed by atoms with van der Waals surface area (Å²) in [5.41, 5.74) is 6.12. The highest BCUT2D eigenvalue weighted by atomic mass is 35.5. The average Bonchev–Trinajstić information content (AvgIpc) is 2.43. The molecule has 3 N–H and O–H groups in total. The van der Waals surface area contributed by atoms with Crippen LogP contribution in [0.5, 0.6) is 0 Å². The predicted molar refractivity (Wildman–Crippen MR) is 54.1 cm³/mol. The summed E-state index contributed by atoms with van der Waals surface area (Å²) in [6, 6.07) is 1.42. The van der Waals surface area contributed by atoms with Crippen LogP contribution in [-0.2, 0) is 6.56 Å². The lowest BCUT2D eigenvalue weighted by Crippen LogP contribution is -1.95. The molecule has 2 rings (SSSR count). The first-order chi connectivity index (χ1) is 7.30. The van der Waals surface area contributed by atoms with E-state index >= 15 is 0 Å². The number of benzene rings is 1. The van der Waals surface area contributed by atoms with Crippen LogP contribution in [0.15, 0.2) is 10.5 Å². The summed E-state index contributed by atoms with van der Waals surface area (Å²) < 4.78 is 19.7. The molecule has 0 unspecified atom stereocenters. The van der Waals surface area contributed by atoms with Crippen molar-refractivity contribution in [2.45, 2.75) is 13.5 Å². The maximum Gasteiger partial charge on any atom is 0.192 e. The van der Waals surface area contributed by atoms with Crippen LogP contribution in [0.4, 0.5) is 5.69 Å². The zero-order valence-electron chi connectivity index (χ0n) is 9.34. The molecule has 0 aliphatic carbocycles. The van der Waals surface area contributed by atoms with Gasteiger partial charge in [-0.3, -0.25) is 0 Å². The highest BCUT2D eigenvalue weighted by Crippen LogP contribution is 2.32. The molecular weight excluding hydrogens is 204 g/mol. The number of hydrogen-bond acceptors (Lipinski definition) is 4. The van der Waals surface area contributed by atoms with Crippen molar-refractivity contribution in [1.29, 1.82) is 0 Å². The molecule has 1 aromatic carbocycles. The first-order valence-corrected chi connectivity index (χ1v) is 4.26. The van der Waals surface area contributed by atoms with Crippen molar-refractivity contribution < 1.29 is 12.3 Å². The second-order valence-corrected chi connectivity index (χ2v) is 3.23. The van der Waals surface area contributed by atoms with Crippen molar-refractivity contribution in [3.05, 3.63) is 22.5 Å². The van der Waals surface area contributed by atoms with Crippen LogP contribution < -0.4 is 5.73 Å². The van der Waals surface area contributed by atoms with Crippen LogP contribution >= 0.6 is 11.6 Å². The zero-order valence-corrected chi connectivity index (χ0v) is 8.09. The van der Waals surface area contributed by atoms with E-state index in [0.29, 0.717) is 11.4 Å². The summed E-state index contributed by atoms with van der Waals surface area (Å²) in [5.74, 6) is 0.395. The van der Waals surface area contributed by atoms with E-state index in [2.05, 4.69) is 4.98 Å². The van der Waals surface area contributed by atoms with E-state index in [4.69, 9.17) is 24.5 Å². The maximum absolute atomic E-state index is 9.32. The van der Waals surface area contributed by atoms with Crippen molar-refractivity contribution in [2.24, 2.45) is 0 Å². The fourth-order valence-corrected chi connectivity index (χ4v) is 1.56. The topological polar surface area (TPSA) is 72.3 Å². The van der Waals surface area contributed by atoms with Gasteiger partial charge in [0, 0.05) is 18.2 Å². The second kappa shape index (κ2) is 3.15. The summed E-state index contributed by atoms with van der Waals surface area (Å²) in [6.45, 7) is -0.976. The van der Waals surface area contributed by atoms with Gasteiger partial charge in [-0.05, 0) is 6.07 Å². The molecule has 0 aliphatic heterocycles. The first kappa shape index (κ1) is 7.09. The Balaban J connectivity index is 2.85. The standard InChI is InChI=1S/C9H9ClN2O2/c1-4-12-7-2-6(11)5(3-13)8(10)9(7)14-4/h2,13H,3,11H2,1H3/i3D2. The third-order valence-electron chi connectivity index (χ3n) is 1.87. The van der Waals surface area contributed by atoms with Crippen LogP contribution in [0, 0.1) is 6.92 Å². The predicted octanol–water partition coefficient (Wildman–Crippen LogP) is 1.86. The Labute approximate surface area is 88.1 Å². The SMILES string of the molecule is [2H]C([2H])(O)c1c(N)cc2nc(C)oc2c1Cl. The molecule has 0 fully saturated rings. The Bertz CT molecular complexity index is 563. The molecule has 14 heavy (non-hydrogen) atoms. The number of nitrogens with zero attached hydrogens (tertiary/aromatic N) is 1. The van der Waals surface area contributed by atoms with Gasteiger partial charge in [0.25, 0.3) is 0 Å². The molecule has 1 aromatic heterocycles. The lowest BCUT2D eigenvalue weighted by atomic mass is 10.1. The number of oxazole rings is 1. The molecule has 0 spiro atoms. The van der Waals surface area contributed by atoms with Gasteiger partial charge in [0.1, 0.15) is 5.52 Å². The lowest BCUT2D eigenvalue weighted by molar-refractivity contribution is 0.282. The van der Waals surface area contributed by atoms with E-state index in [0.717, 1.165) is 0 Å². The van der Waals surface area contributed by atoms with Gasteiger partial charge in [-0.1, -0.05) is 11.6 Å². The molecule has 0 saturated heterocycles. The molecule has 74 valence electrons. The Morgan fingerprint density at radius 3 is 3.14 bits per heavy atom. The fraction of sp³-hybridized carbons (Fsp3) is 0.222. The van der Waals surface area contributed by atoms with Gasteiger partial charge in [-0.15, -0.1) is 0 Å². The monoisotopic (exact) mass is 214 g/mol. The van der Waals surface area contributed by atoms with E-state index in [9.17, 15) is 5.11 Å². The highest BCUT2D eigenvalue weighted by Gasteiger charge is 2.13. The smallest absolute Gasteiger partial charge is 0.192 e. The van der Waals surface area contributed by atoms with Gasteiger partial charge in [-0.2, -0.15) is 0 Å². The molecule has 0 radical (unpaired) electrons. The number of anilines is 1. The fourth-order valence-electron chi connectivity index (χ4n) is 1.27.